The van der Waals surface area contributed by atoms with Crippen molar-refractivity contribution in [1.82, 2.24) is 16.0 Å². The van der Waals surface area contributed by atoms with Crippen LogP contribution in [0.5, 0.6) is 0 Å². The van der Waals surface area contributed by atoms with Crippen LogP contribution in [0.4, 0.5) is 4.79 Å². The predicted molar refractivity (Wildman–Crippen MR) is 44.3 cm³/mol. The summed E-state index contributed by atoms with van der Waals surface area (Å²) in [4.78, 5) is 10.8. The van der Waals surface area contributed by atoms with E-state index in [1.165, 1.54) is 0 Å². The van der Waals surface area contributed by atoms with Crippen molar-refractivity contribution >= 4 is 6.03 Å². The highest BCUT2D eigenvalue weighted by atomic mass is 16.2. The third-order valence-corrected chi connectivity index (χ3v) is 1.77. The minimum Gasteiger partial charge on any atom is -0.412 e. The van der Waals surface area contributed by atoms with Crippen molar-refractivity contribution in [3.05, 3.63) is 24.0 Å². The highest BCUT2D eigenvalue weighted by Gasteiger charge is 2.21. The van der Waals surface area contributed by atoms with Crippen LogP contribution in [0.25, 0.3) is 0 Å². The molecule has 0 spiro atoms. The van der Waals surface area contributed by atoms with Crippen LogP contribution in [0.15, 0.2) is 24.0 Å². The molecule has 1 saturated heterocycles. The van der Waals surface area contributed by atoms with Crippen molar-refractivity contribution < 1.29 is 10.3 Å². The molecule has 1 atom stereocenters. The second-order valence-electron chi connectivity index (χ2n) is 2.54. The Hall–Kier alpha value is -1.49. The molecule has 0 aromatic carbocycles. The van der Waals surface area contributed by atoms with Gasteiger partial charge in [0.05, 0.1) is 6.04 Å². The fourth-order valence-electron chi connectivity index (χ4n) is 1.20. The first-order chi connectivity index (χ1) is 5.36. The fraction of sp³-hybridized carbons (Fsp3) is 0.286. The van der Waals surface area contributed by atoms with Crippen LogP contribution in [-0.2, 0) is 0 Å². The Morgan fingerprint density at radius 3 is 3.17 bits per heavy atom. The average Bonchev–Trinajstić information content (AvgIpc) is 2.04. The zero-order valence-corrected chi connectivity index (χ0v) is 6.42. The first-order valence-corrected chi connectivity index (χ1v) is 3.54. The third-order valence-electron chi connectivity index (χ3n) is 1.77. The van der Waals surface area contributed by atoms with Crippen LogP contribution in [0.2, 0.25) is 0 Å². The van der Waals surface area contributed by atoms with Crippen LogP contribution < -0.4 is 16.0 Å². The average molecular weight is 169 g/mol. The van der Waals surface area contributed by atoms with E-state index in [1.807, 2.05) is 18.4 Å². The number of nitrogens with one attached hydrogen (secondary N) is 3. The largest absolute Gasteiger partial charge is 0.412 e. The van der Waals surface area contributed by atoms with Gasteiger partial charge in [0.15, 0.2) is 0 Å². The van der Waals surface area contributed by atoms with Gasteiger partial charge in [0, 0.05) is 12.2 Å². The summed E-state index contributed by atoms with van der Waals surface area (Å²) < 4.78 is 0. The van der Waals surface area contributed by atoms with Crippen molar-refractivity contribution in [1.29, 1.82) is 0 Å². The number of urea groups is 1. The van der Waals surface area contributed by atoms with Crippen molar-refractivity contribution in [2.24, 2.45) is 0 Å². The lowest BCUT2D eigenvalue weighted by Crippen LogP contribution is -2.54. The Balaban J connectivity index is 0.000000720. The molecule has 2 aliphatic rings. The quantitative estimate of drug-likeness (QED) is 0.427. The number of fused-ring (bicyclic) bond motifs is 1. The maximum absolute atomic E-state index is 10.8. The fourth-order valence-corrected chi connectivity index (χ4v) is 1.20. The lowest BCUT2D eigenvalue weighted by atomic mass is 10.1. The molecule has 5 N–H and O–H groups in total. The Morgan fingerprint density at radius 2 is 2.33 bits per heavy atom. The first kappa shape index (κ1) is 8.61. The lowest BCUT2D eigenvalue weighted by Gasteiger charge is -2.28. The molecule has 2 heterocycles. The third kappa shape index (κ3) is 1.40. The van der Waals surface area contributed by atoms with E-state index in [2.05, 4.69) is 16.0 Å². The van der Waals surface area contributed by atoms with Gasteiger partial charge in [-0.2, -0.15) is 0 Å². The summed E-state index contributed by atoms with van der Waals surface area (Å²) >= 11 is 0. The Bertz CT molecular complexity index is 247. The molecule has 0 saturated carbocycles. The highest BCUT2D eigenvalue weighted by Crippen LogP contribution is 2.05. The van der Waals surface area contributed by atoms with Crippen molar-refractivity contribution in [3.8, 4) is 0 Å². The molecular formula is C7H11N3O2. The molecule has 66 valence electrons. The van der Waals surface area contributed by atoms with Gasteiger partial charge in [-0.15, -0.1) is 0 Å². The second kappa shape index (κ2) is 3.27. The minimum absolute atomic E-state index is 0. The number of rotatable bonds is 0. The minimum atomic E-state index is -0.121. The van der Waals surface area contributed by atoms with Gasteiger partial charge in [0.1, 0.15) is 0 Å². The van der Waals surface area contributed by atoms with Crippen LogP contribution in [0.3, 0.4) is 0 Å². The normalized spacial score (nSPS) is 25.2. The molecule has 2 aliphatic heterocycles. The van der Waals surface area contributed by atoms with E-state index in [1.54, 1.807) is 0 Å². The van der Waals surface area contributed by atoms with E-state index in [0.29, 0.717) is 6.54 Å². The summed E-state index contributed by atoms with van der Waals surface area (Å²) in [5, 5.41) is 8.53. The molecule has 0 aromatic heterocycles. The topological polar surface area (TPSA) is 84.7 Å². The number of carbonyl (C=O) groups excluding carboxylic acids is 1. The molecule has 1 unspecified atom stereocenters. The van der Waals surface area contributed by atoms with Gasteiger partial charge in [-0.25, -0.2) is 4.79 Å². The van der Waals surface area contributed by atoms with Crippen molar-refractivity contribution in [3.63, 3.8) is 0 Å². The van der Waals surface area contributed by atoms with Crippen LogP contribution in [-0.4, -0.2) is 24.1 Å². The zero-order chi connectivity index (χ0) is 7.68. The standard InChI is InChI=1S/C7H9N3O.H2O/c11-7-9-4-6-5(10-7)2-1-3-8-6;/h1-3,6,8H,4H2,(H2,9,10,11);1H2. The van der Waals surface area contributed by atoms with E-state index in [0.717, 1.165) is 5.70 Å². The number of allylic oxidation sites excluding steroid dienone is 2. The summed E-state index contributed by atoms with van der Waals surface area (Å²) in [6, 6.07) is 0.0994. The SMILES string of the molecule is O.O=C1NCC2NC=CC=C2N1. The highest BCUT2D eigenvalue weighted by molar-refractivity contribution is 5.77. The molecule has 0 radical (unpaired) electrons. The molecule has 0 aromatic rings. The van der Waals surface area contributed by atoms with Crippen LogP contribution in [0, 0.1) is 0 Å². The number of dihydropyridines is 1. The first-order valence-electron chi connectivity index (χ1n) is 3.54. The van der Waals surface area contributed by atoms with Crippen LogP contribution in [0.1, 0.15) is 0 Å². The number of hydrogen-bond acceptors (Lipinski definition) is 2. The Labute approximate surface area is 69.8 Å². The summed E-state index contributed by atoms with van der Waals surface area (Å²) in [6.45, 7) is 0.655. The van der Waals surface area contributed by atoms with E-state index >= 15 is 0 Å². The summed E-state index contributed by atoms with van der Waals surface area (Å²) in [5.74, 6) is 0. The van der Waals surface area contributed by atoms with Gasteiger partial charge >= 0.3 is 6.03 Å². The molecule has 0 aliphatic carbocycles. The number of hydrogen-bond donors (Lipinski definition) is 3. The lowest BCUT2D eigenvalue weighted by molar-refractivity contribution is 0.237. The summed E-state index contributed by atoms with van der Waals surface area (Å²) in [7, 11) is 0. The van der Waals surface area contributed by atoms with Gasteiger partial charge < -0.3 is 21.4 Å². The molecule has 1 fully saturated rings. The van der Waals surface area contributed by atoms with Crippen molar-refractivity contribution in [2.75, 3.05) is 6.54 Å². The second-order valence-corrected chi connectivity index (χ2v) is 2.54. The van der Waals surface area contributed by atoms with Crippen LogP contribution >= 0.6 is 0 Å². The maximum Gasteiger partial charge on any atom is 0.319 e. The van der Waals surface area contributed by atoms with E-state index in [4.69, 9.17) is 0 Å². The zero-order valence-electron chi connectivity index (χ0n) is 6.42. The van der Waals surface area contributed by atoms with Gasteiger partial charge in [-0.1, -0.05) is 0 Å². The monoisotopic (exact) mass is 169 g/mol. The van der Waals surface area contributed by atoms with E-state index < -0.39 is 0 Å². The van der Waals surface area contributed by atoms with Crippen molar-refractivity contribution in [2.45, 2.75) is 6.04 Å². The number of carbonyl (C=O) groups is 1. The Morgan fingerprint density at radius 1 is 1.50 bits per heavy atom. The molecule has 2 rings (SSSR count). The molecule has 12 heavy (non-hydrogen) atoms. The summed E-state index contributed by atoms with van der Waals surface area (Å²) in [6.07, 6.45) is 5.64. The predicted octanol–water partition coefficient (Wildman–Crippen LogP) is -1.16. The van der Waals surface area contributed by atoms with Gasteiger partial charge in [0.25, 0.3) is 0 Å². The maximum atomic E-state index is 10.8. The van der Waals surface area contributed by atoms with E-state index in [-0.39, 0.29) is 17.5 Å². The Kier molecular flexibility index (Phi) is 2.35. The number of amides is 2. The van der Waals surface area contributed by atoms with E-state index in [9.17, 15) is 4.79 Å². The molecule has 5 nitrogen and oxygen atoms in total. The summed E-state index contributed by atoms with van der Waals surface area (Å²) in [5.41, 5.74) is 0.941. The molecular weight excluding hydrogens is 158 g/mol. The van der Waals surface area contributed by atoms with Gasteiger partial charge in [-0.3, -0.25) is 0 Å². The molecule has 0 bridgehead atoms. The van der Waals surface area contributed by atoms with Gasteiger partial charge in [-0.05, 0) is 18.4 Å². The molecule has 5 heteroatoms. The van der Waals surface area contributed by atoms with Gasteiger partial charge in [0.2, 0.25) is 0 Å². The smallest absolute Gasteiger partial charge is 0.319 e. The molecule has 2 amide bonds.